The molecular weight excluding hydrogens is 516 g/mol. The van der Waals surface area contributed by atoms with Crippen molar-refractivity contribution in [2.24, 2.45) is 0 Å². The molecule has 214 valence electrons. The Kier molecular flexibility index (Phi) is 10.0. The van der Waals surface area contributed by atoms with Crippen molar-refractivity contribution in [1.82, 2.24) is 0 Å². The molecule has 1 aliphatic carbocycles. The van der Waals surface area contributed by atoms with Crippen LogP contribution in [0.25, 0.3) is 0 Å². The largest absolute Gasteiger partial charge is 0.493 e. The molecule has 2 unspecified atom stereocenters. The molecule has 0 aliphatic heterocycles. The molecule has 0 radical (unpaired) electrons. The second kappa shape index (κ2) is 13.8. The first kappa shape index (κ1) is 29.7. The Labute approximate surface area is 242 Å². The quantitative estimate of drug-likeness (QED) is 0.162. The molecule has 0 saturated carbocycles. The summed E-state index contributed by atoms with van der Waals surface area (Å²) in [6, 6.07) is 25.3. The van der Waals surface area contributed by atoms with E-state index in [4.69, 9.17) is 18.9 Å². The summed E-state index contributed by atoms with van der Waals surface area (Å²) in [6.45, 7) is 11.4. The van der Waals surface area contributed by atoms with Gasteiger partial charge in [-0.1, -0.05) is 61.7 Å². The third-order valence-corrected chi connectivity index (χ3v) is 7.49. The van der Waals surface area contributed by atoms with Crippen LogP contribution in [-0.2, 0) is 30.9 Å². The highest BCUT2D eigenvalue weighted by molar-refractivity contribution is 5.81. The van der Waals surface area contributed by atoms with E-state index >= 15 is 0 Å². The number of hydrogen-bond acceptors (Lipinski definition) is 6. The molecular formula is C35H38O6. The third-order valence-electron chi connectivity index (χ3n) is 7.49. The lowest BCUT2D eigenvalue weighted by molar-refractivity contribution is -0.143. The van der Waals surface area contributed by atoms with Crippen LogP contribution in [0.2, 0.25) is 0 Å². The molecule has 0 saturated heterocycles. The van der Waals surface area contributed by atoms with Crippen molar-refractivity contribution >= 4 is 11.9 Å². The molecule has 0 bridgehead atoms. The van der Waals surface area contributed by atoms with Crippen molar-refractivity contribution in [2.75, 3.05) is 13.2 Å². The van der Waals surface area contributed by atoms with E-state index in [2.05, 4.69) is 61.7 Å². The standard InChI is InChI=1S/C35H38O6/c1-5-33(36)40-25(3)20-23-38-30-15-11-28(12-16-30)35(22-19-27-9-7-8-10-32(27)35)29-13-17-31(18-14-29)39-24-21-26(4)41-34(37)6-2/h5-18,25-26H,1-2,19-24H2,3-4H3. The van der Waals surface area contributed by atoms with Crippen molar-refractivity contribution in [3.63, 3.8) is 0 Å². The van der Waals surface area contributed by atoms with E-state index in [1.54, 1.807) is 0 Å². The van der Waals surface area contributed by atoms with Gasteiger partial charge in [0.2, 0.25) is 0 Å². The van der Waals surface area contributed by atoms with E-state index in [9.17, 15) is 9.59 Å². The Balaban J connectivity index is 1.47. The fourth-order valence-electron chi connectivity index (χ4n) is 5.35. The van der Waals surface area contributed by atoms with Crippen molar-refractivity contribution < 1.29 is 28.5 Å². The Morgan fingerprint density at radius 2 is 1.22 bits per heavy atom. The molecule has 6 heteroatoms. The maximum Gasteiger partial charge on any atom is 0.330 e. The van der Waals surface area contributed by atoms with Crippen molar-refractivity contribution in [2.45, 2.75) is 57.2 Å². The summed E-state index contributed by atoms with van der Waals surface area (Å²) in [5.74, 6) is 0.692. The fourth-order valence-corrected chi connectivity index (χ4v) is 5.35. The summed E-state index contributed by atoms with van der Waals surface area (Å²) in [5.41, 5.74) is 4.80. The molecule has 0 aromatic heterocycles. The van der Waals surface area contributed by atoms with Crippen LogP contribution in [0.4, 0.5) is 0 Å². The van der Waals surface area contributed by atoms with Gasteiger partial charge in [0.1, 0.15) is 23.7 Å². The maximum atomic E-state index is 11.4. The van der Waals surface area contributed by atoms with Crippen LogP contribution in [0.1, 0.15) is 55.4 Å². The smallest absolute Gasteiger partial charge is 0.330 e. The maximum absolute atomic E-state index is 11.4. The van der Waals surface area contributed by atoms with Gasteiger partial charge < -0.3 is 18.9 Å². The Morgan fingerprint density at radius 3 is 1.68 bits per heavy atom. The highest BCUT2D eigenvalue weighted by atomic mass is 16.5. The zero-order valence-electron chi connectivity index (χ0n) is 23.8. The summed E-state index contributed by atoms with van der Waals surface area (Å²) >= 11 is 0. The number of esters is 2. The minimum Gasteiger partial charge on any atom is -0.493 e. The zero-order chi connectivity index (χ0) is 29.2. The van der Waals surface area contributed by atoms with Crippen LogP contribution >= 0.6 is 0 Å². The molecule has 0 heterocycles. The second-order valence-electron chi connectivity index (χ2n) is 10.3. The lowest BCUT2D eigenvalue weighted by atomic mass is 9.70. The summed E-state index contributed by atoms with van der Waals surface area (Å²) in [4.78, 5) is 22.8. The van der Waals surface area contributed by atoms with E-state index in [1.807, 2.05) is 38.1 Å². The summed E-state index contributed by atoms with van der Waals surface area (Å²) in [6.07, 6.45) is 4.98. The lowest BCUT2D eigenvalue weighted by Crippen LogP contribution is -2.26. The second-order valence-corrected chi connectivity index (χ2v) is 10.3. The average molecular weight is 555 g/mol. The topological polar surface area (TPSA) is 71.1 Å². The van der Waals surface area contributed by atoms with E-state index in [1.165, 1.54) is 34.4 Å². The molecule has 3 aromatic carbocycles. The van der Waals surface area contributed by atoms with Gasteiger partial charge >= 0.3 is 11.9 Å². The monoisotopic (exact) mass is 554 g/mol. The Bertz CT molecular complexity index is 1260. The predicted molar refractivity (Wildman–Crippen MR) is 159 cm³/mol. The number of fused-ring (bicyclic) bond motifs is 1. The van der Waals surface area contributed by atoms with Gasteiger partial charge in [0, 0.05) is 30.4 Å². The van der Waals surface area contributed by atoms with Crippen molar-refractivity contribution in [3.05, 3.63) is 120 Å². The molecule has 3 aromatic rings. The first-order chi connectivity index (χ1) is 19.8. The van der Waals surface area contributed by atoms with E-state index in [0.29, 0.717) is 26.1 Å². The molecule has 1 aliphatic rings. The van der Waals surface area contributed by atoms with Gasteiger partial charge in [-0.25, -0.2) is 9.59 Å². The fraction of sp³-hybridized carbons (Fsp3) is 0.314. The average Bonchev–Trinajstić information content (AvgIpc) is 3.38. The van der Waals surface area contributed by atoms with E-state index in [-0.39, 0.29) is 17.6 Å². The number of hydrogen-bond donors (Lipinski definition) is 0. The van der Waals surface area contributed by atoms with Crippen LogP contribution in [0.5, 0.6) is 11.5 Å². The molecule has 6 nitrogen and oxygen atoms in total. The minimum atomic E-state index is -0.426. The number of benzene rings is 3. The first-order valence-corrected chi connectivity index (χ1v) is 14.1. The molecule has 0 spiro atoms. The molecule has 0 N–H and O–H groups in total. The number of carbonyl (C=O) groups is 2. The molecule has 4 rings (SSSR count). The predicted octanol–water partition coefficient (Wildman–Crippen LogP) is 6.74. The van der Waals surface area contributed by atoms with Gasteiger partial charge in [-0.15, -0.1) is 0 Å². The summed E-state index contributed by atoms with van der Waals surface area (Å²) in [7, 11) is 0. The SMILES string of the molecule is C=CC(=O)OC(C)CCOc1ccc(C2(c3ccc(OCCC(C)OC(=O)C=C)cc3)CCc3ccccc32)cc1. The first-order valence-electron chi connectivity index (χ1n) is 14.1. The summed E-state index contributed by atoms with van der Waals surface area (Å²) < 4.78 is 22.3. The zero-order valence-corrected chi connectivity index (χ0v) is 23.8. The number of ether oxygens (including phenoxy) is 4. The lowest BCUT2D eigenvalue weighted by Gasteiger charge is -2.32. The number of rotatable bonds is 14. The normalized spacial score (nSPS) is 17.0. The van der Waals surface area contributed by atoms with Crippen molar-refractivity contribution in [3.8, 4) is 11.5 Å². The minimum absolute atomic E-state index is 0.247. The van der Waals surface area contributed by atoms with Gasteiger partial charge in [0.25, 0.3) is 0 Å². The number of carbonyl (C=O) groups excluding carboxylic acids is 2. The summed E-state index contributed by atoms with van der Waals surface area (Å²) in [5, 5.41) is 0. The highest BCUT2D eigenvalue weighted by Crippen LogP contribution is 2.49. The molecule has 41 heavy (non-hydrogen) atoms. The number of aryl methyl sites for hydroxylation is 1. The van der Waals surface area contributed by atoms with Gasteiger partial charge in [0.05, 0.1) is 13.2 Å². The van der Waals surface area contributed by atoms with Crippen LogP contribution in [0.15, 0.2) is 98.1 Å². The van der Waals surface area contributed by atoms with Crippen LogP contribution in [-0.4, -0.2) is 37.4 Å². The Hall–Kier alpha value is -4.32. The van der Waals surface area contributed by atoms with Gasteiger partial charge in [-0.3, -0.25) is 0 Å². The molecule has 2 atom stereocenters. The van der Waals surface area contributed by atoms with Crippen LogP contribution < -0.4 is 9.47 Å². The van der Waals surface area contributed by atoms with Crippen molar-refractivity contribution in [1.29, 1.82) is 0 Å². The third kappa shape index (κ3) is 7.26. The molecule has 0 amide bonds. The van der Waals surface area contributed by atoms with Crippen LogP contribution in [0, 0.1) is 0 Å². The highest BCUT2D eigenvalue weighted by Gasteiger charge is 2.41. The van der Waals surface area contributed by atoms with E-state index < -0.39 is 11.9 Å². The van der Waals surface area contributed by atoms with Gasteiger partial charge in [-0.2, -0.15) is 0 Å². The van der Waals surface area contributed by atoms with Gasteiger partial charge in [-0.05, 0) is 73.2 Å². The van der Waals surface area contributed by atoms with Crippen LogP contribution in [0.3, 0.4) is 0 Å². The van der Waals surface area contributed by atoms with Gasteiger partial charge in [0.15, 0.2) is 0 Å². The molecule has 0 fully saturated rings. The van der Waals surface area contributed by atoms with E-state index in [0.717, 1.165) is 24.3 Å². The Morgan fingerprint density at radius 1 is 0.756 bits per heavy atom.